The Kier molecular flexibility index (Phi) is 9.28. The minimum Gasteiger partial charge on any atom is -0.497 e. The van der Waals surface area contributed by atoms with Gasteiger partial charge in [-0.2, -0.15) is 0 Å². The molecule has 0 atom stereocenters. The zero-order valence-corrected chi connectivity index (χ0v) is 25.1. The quantitative estimate of drug-likeness (QED) is 0.168. The van der Waals surface area contributed by atoms with Crippen molar-refractivity contribution in [2.75, 3.05) is 27.4 Å². The molecule has 228 valence electrons. The molecule has 0 N–H and O–H groups in total. The first kappa shape index (κ1) is 30.3. The number of Topliss-reactive ketones (excluding diaryl/α,β-unsaturated/α-hetero) is 1. The molecule has 0 saturated carbocycles. The smallest absolute Gasteiger partial charge is 0.436 e. The molecule has 0 spiro atoms. The number of hydrogen-bond donors (Lipinski definition) is 0. The van der Waals surface area contributed by atoms with Crippen LogP contribution in [0.4, 0.5) is 9.18 Å². The molecular weight excluding hydrogens is 565 g/mol. The molecule has 0 saturated heterocycles. The SMILES string of the molecule is CCCCOC(=O)/N=c1\n(C)ccn1Cc1cc2c(c(-c3ccc(F)cc3)c1)OC/C(=C\c1cc(OC)cc(OC)c1)C2=O. The number of carbonyl (C=O) groups is 2. The molecule has 0 fully saturated rings. The van der Waals surface area contributed by atoms with Crippen LogP contribution < -0.4 is 19.8 Å². The largest absolute Gasteiger partial charge is 0.497 e. The molecule has 4 aromatic rings. The summed E-state index contributed by atoms with van der Waals surface area (Å²) in [5.74, 6) is 1.05. The van der Waals surface area contributed by atoms with Crippen LogP contribution in [0.3, 0.4) is 0 Å². The van der Waals surface area contributed by atoms with Gasteiger partial charge in [-0.05, 0) is 65.6 Å². The number of aromatic nitrogens is 2. The number of ether oxygens (including phenoxy) is 4. The average Bonchev–Trinajstić information content (AvgIpc) is 3.36. The number of ketones is 1. The monoisotopic (exact) mass is 599 g/mol. The van der Waals surface area contributed by atoms with Gasteiger partial charge in [0.25, 0.3) is 0 Å². The van der Waals surface area contributed by atoms with E-state index >= 15 is 0 Å². The number of halogens is 1. The van der Waals surface area contributed by atoms with Gasteiger partial charge >= 0.3 is 6.09 Å². The Morgan fingerprint density at radius 3 is 2.41 bits per heavy atom. The van der Waals surface area contributed by atoms with Crippen LogP contribution in [0.15, 0.2) is 77.6 Å². The fourth-order valence-electron chi connectivity index (χ4n) is 4.95. The summed E-state index contributed by atoms with van der Waals surface area (Å²) in [5.41, 5.74) is 4.06. The highest BCUT2D eigenvalue weighted by Crippen LogP contribution is 2.39. The van der Waals surface area contributed by atoms with Crippen molar-refractivity contribution < 1.29 is 32.9 Å². The van der Waals surface area contributed by atoms with Crippen LogP contribution in [0.5, 0.6) is 17.2 Å². The average molecular weight is 600 g/mol. The summed E-state index contributed by atoms with van der Waals surface area (Å²) in [6.07, 6.45) is 6.34. The Hall–Kier alpha value is -5.12. The van der Waals surface area contributed by atoms with Crippen LogP contribution in [0, 0.1) is 5.82 Å². The maximum Gasteiger partial charge on any atom is 0.436 e. The summed E-state index contributed by atoms with van der Waals surface area (Å²) in [6, 6.07) is 15.1. The Labute approximate surface area is 254 Å². The maximum atomic E-state index is 14.0. The lowest BCUT2D eigenvalue weighted by atomic mass is 9.91. The summed E-state index contributed by atoms with van der Waals surface area (Å²) in [4.78, 5) is 30.5. The van der Waals surface area contributed by atoms with Crippen molar-refractivity contribution >= 4 is 18.0 Å². The van der Waals surface area contributed by atoms with E-state index in [1.165, 1.54) is 12.1 Å². The molecule has 1 aliphatic heterocycles. The zero-order chi connectivity index (χ0) is 31.2. The van der Waals surface area contributed by atoms with Crippen molar-refractivity contribution in [3.8, 4) is 28.4 Å². The van der Waals surface area contributed by atoms with Crippen molar-refractivity contribution in [3.05, 3.63) is 101 Å². The molecule has 2 heterocycles. The van der Waals surface area contributed by atoms with Gasteiger partial charge in [-0.3, -0.25) is 4.79 Å². The molecule has 5 rings (SSSR count). The fourth-order valence-corrected chi connectivity index (χ4v) is 4.95. The molecular formula is C34H34FN3O6. The lowest BCUT2D eigenvalue weighted by Crippen LogP contribution is -2.27. The second-order valence-corrected chi connectivity index (χ2v) is 10.4. The lowest BCUT2D eigenvalue weighted by molar-refractivity contribution is 0.100. The number of rotatable bonds is 9. The summed E-state index contributed by atoms with van der Waals surface area (Å²) in [5, 5.41) is 0. The predicted octanol–water partition coefficient (Wildman–Crippen LogP) is 6.19. The third-order valence-electron chi connectivity index (χ3n) is 7.24. The fraction of sp³-hybridized carbons (Fsp3) is 0.265. The standard InChI is InChI=1S/C34H34FN3O6/c1-5-6-13-43-34(40)36-33-37(2)11-12-38(33)20-23-17-29(24-7-9-26(35)10-8-24)32-30(18-23)31(39)25(21-44-32)14-22-15-27(41-3)19-28(16-22)42-4/h7-12,14-19H,5-6,13,20-21H2,1-4H3/b25-14+,36-33+. The van der Waals surface area contributed by atoms with Gasteiger partial charge in [-0.15, -0.1) is 4.99 Å². The van der Waals surface area contributed by atoms with E-state index in [2.05, 4.69) is 4.99 Å². The first-order valence-electron chi connectivity index (χ1n) is 14.3. The molecule has 3 aromatic carbocycles. The Bertz CT molecular complexity index is 1760. The first-order valence-corrected chi connectivity index (χ1v) is 14.3. The number of hydrogen-bond acceptors (Lipinski definition) is 6. The van der Waals surface area contributed by atoms with E-state index in [9.17, 15) is 14.0 Å². The normalized spacial score (nSPS) is 13.9. The van der Waals surface area contributed by atoms with E-state index in [0.717, 1.165) is 24.0 Å². The first-order chi connectivity index (χ1) is 21.3. The van der Waals surface area contributed by atoms with Crippen LogP contribution in [0.25, 0.3) is 17.2 Å². The van der Waals surface area contributed by atoms with Gasteiger partial charge in [0.2, 0.25) is 5.62 Å². The van der Waals surface area contributed by atoms with Crippen molar-refractivity contribution in [2.45, 2.75) is 26.3 Å². The van der Waals surface area contributed by atoms with Gasteiger partial charge in [0, 0.05) is 36.6 Å². The number of carbonyl (C=O) groups excluding carboxylic acids is 2. The van der Waals surface area contributed by atoms with Crippen LogP contribution in [-0.4, -0.2) is 48.4 Å². The molecule has 0 aliphatic carbocycles. The Morgan fingerprint density at radius 2 is 1.73 bits per heavy atom. The Morgan fingerprint density at radius 1 is 1.02 bits per heavy atom. The van der Waals surface area contributed by atoms with Gasteiger partial charge in [0.1, 0.15) is 29.7 Å². The number of methoxy groups -OCH3 is 2. The number of benzene rings is 3. The summed E-state index contributed by atoms with van der Waals surface area (Å²) in [6.45, 7) is 2.66. The number of imidazole rings is 1. The molecule has 0 unspecified atom stereocenters. The molecule has 1 aliphatic rings. The van der Waals surface area contributed by atoms with Crippen molar-refractivity contribution in [1.29, 1.82) is 0 Å². The number of fused-ring (bicyclic) bond motifs is 1. The highest BCUT2D eigenvalue weighted by atomic mass is 19.1. The molecule has 0 bridgehead atoms. The van der Waals surface area contributed by atoms with E-state index < -0.39 is 6.09 Å². The molecule has 0 radical (unpaired) electrons. The molecule has 44 heavy (non-hydrogen) atoms. The molecule has 9 nitrogen and oxygen atoms in total. The van der Waals surface area contributed by atoms with Crippen LogP contribution in [0.2, 0.25) is 0 Å². The number of amides is 1. The maximum absolute atomic E-state index is 14.0. The van der Waals surface area contributed by atoms with Gasteiger partial charge < -0.3 is 28.1 Å². The molecule has 10 heteroatoms. The van der Waals surface area contributed by atoms with Gasteiger partial charge in [0.15, 0.2) is 5.78 Å². The minimum absolute atomic E-state index is 0.0511. The van der Waals surface area contributed by atoms with Gasteiger partial charge in [-0.25, -0.2) is 9.18 Å². The second kappa shape index (κ2) is 13.5. The van der Waals surface area contributed by atoms with Crippen LogP contribution in [0.1, 0.15) is 41.3 Å². The van der Waals surface area contributed by atoms with Crippen molar-refractivity contribution in [3.63, 3.8) is 0 Å². The van der Waals surface area contributed by atoms with E-state index in [4.69, 9.17) is 18.9 Å². The van der Waals surface area contributed by atoms with E-state index in [0.29, 0.717) is 58.3 Å². The van der Waals surface area contributed by atoms with Gasteiger partial charge in [0.05, 0.1) is 32.9 Å². The minimum atomic E-state index is -0.668. The summed E-state index contributed by atoms with van der Waals surface area (Å²) < 4.78 is 39.5. The van der Waals surface area contributed by atoms with Crippen LogP contribution in [-0.2, 0) is 18.3 Å². The van der Waals surface area contributed by atoms with E-state index in [1.807, 2.05) is 25.1 Å². The summed E-state index contributed by atoms with van der Waals surface area (Å²) in [7, 11) is 4.91. The lowest BCUT2D eigenvalue weighted by Gasteiger charge is -2.23. The Balaban J connectivity index is 1.56. The number of unbranched alkanes of at least 4 members (excludes halogenated alkanes) is 1. The number of aryl methyl sites for hydroxylation is 1. The third kappa shape index (κ3) is 6.75. The zero-order valence-electron chi connectivity index (χ0n) is 25.1. The third-order valence-corrected chi connectivity index (χ3v) is 7.24. The van der Waals surface area contributed by atoms with E-state index in [1.54, 1.807) is 73.1 Å². The van der Waals surface area contributed by atoms with Crippen molar-refractivity contribution in [1.82, 2.24) is 9.13 Å². The highest BCUT2D eigenvalue weighted by molar-refractivity contribution is 6.15. The molecule has 1 amide bonds. The van der Waals surface area contributed by atoms with E-state index in [-0.39, 0.29) is 18.2 Å². The molecule has 1 aromatic heterocycles. The highest BCUT2D eigenvalue weighted by Gasteiger charge is 2.27. The topological polar surface area (TPSA) is 93.3 Å². The number of nitrogens with zero attached hydrogens (tertiary/aromatic N) is 3. The predicted molar refractivity (Wildman–Crippen MR) is 164 cm³/mol. The van der Waals surface area contributed by atoms with Crippen molar-refractivity contribution in [2.24, 2.45) is 12.0 Å². The second-order valence-electron chi connectivity index (χ2n) is 10.4. The van der Waals surface area contributed by atoms with Crippen LogP contribution >= 0.6 is 0 Å². The summed E-state index contributed by atoms with van der Waals surface area (Å²) >= 11 is 0. The van der Waals surface area contributed by atoms with Gasteiger partial charge in [-0.1, -0.05) is 25.5 Å².